The van der Waals surface area contributed by atoms with E-state index in [1.165, 1.54) is 6.92 Å². The number of aryl methyl sites for hydroxylation is 1. The highest BCUT2D eigenvalue weighted by Crippen LogP contribution is 2.21. The second kappa shape index (κ2) is 8.42. The summed E-state index contributed by atoms with van der Waals surface area (Å²) in [7, 11) is 1.79. The third-order valence-corrected chi connectivity index (χ3v) is 4.83. The number of Topliss-reactive ketones (excluding diaryl/α,β-unsaturated/α-hetero) is 2. The number of ketones is 2. The van der Waals surface area contributed by atoms with E-state index < -0.39 is 0 Å². The van der Waals surface area contributed by atoms with Gasteiger partial charge in [-0.1, -0.05) is 12.1 Å². The average molecular weight is 421 g/mol. The maximum atomic E-state index is 12.6. The fourth-order valence-electron chi connectivity index (χ4n) is 3.01. The van der Waals surface area contributed by atoms with E-state index in [-0.39, 0.29) is 30.6 Å². The minimum Gasteiger partial charge on any atom is -0.355 e. The van der Waals surface area contributed by atoms with Gasteiger partial charge in [-0.15, -0.1) is 0 Å². The van der Waals surface area contributed by atoms with Crippen molar-refractivity contribution in [1.29, 1.82) is 0 Å². The number of amides is 1. The number of carbonyl (C=O) groups is 3. The topological polar surface area (TPSA) is 83.5 Å². The fourth-order valence-corrected chi connectivity index (χ4v) is 3.40. The molecule has 1 atom stereocenters. The van der Waals surface area contributed by atoms with Crippen molar-refractivity contribution in [1.82, 2.24) is 4.98 Å². The Kier molecular flexibility index (Phi) is 6.50. The molecule has 1 amide bonds. The zero-order valence-electron chi connectivity index (χ0n) is 15.3. The van der Waals surface area contributed by atoms with Crippen molar-refractivity contribution in [3.05, 3.63) is 51.3 Å². The number of nitrogens with one attached hydrogen (secondary N) is 3. The third kappa shape index (κ3) is 4.68. The lowest BCUT2D eigenvalue weighted by Gasteiger charge is -2.13. The second-order valence-corrected chi connectivity index (χ2v) is 7.30. The van der Waals surface area contributed by atoms with Crippen molar-refractivity contribution in [2.45, 2.75) is 20.8 Å². The van der Waals surface area contributed by atoms with Crippen LogP contribution in [0.5, 0.6) is 0 Å². The molecule has 6 nitrogen and oxygen atoms in total. The van der Waals surface area contributed by atoms with Crippen LogP contribution in [0.3, 0.4) is 0 Å². The summed E-state index contributed by atoms with van der Waals surface area (Å²) in [6, 6.07) is 7.35. The van der Waals surface area contributed by atoms with Crippen molar-refractivity contribution in [3.63, 3.8) is 0 Å². The Morgan fingerprint density at radius 2 is 1.81 bits per heavy atom. The number of carbonyl (C=O) groups excluding carboxylic acids is 3. The van der Waals surface area contributed by atoms with E-state index >= 15 is 0 Å². The molecule has 0 spiro atoms. The molecule has 138 valence electrons. The van der Waals surface area contributed by atoms with Gasteiger partial charge in [0.25, 0.3) is 5.91 Å². The van der Waals surface area contributed by atoms with E-state index in [1.54, 1.807) is 27.0 Å². The number of aromatic amines is 1. The van der Waals surface area contributed by atoms with Crippen LogP contribution in [0.4, 0.5) is 5.69 Å². The molecule has 0 aliphatic rings. The summed E-state index contributed by atoms with van der Waals surface area (Å²) in [5.74, 6) is -0.362. The van der Waals surface area contributed by atoms with Crippen molar-refractivity contribution in [3.8, 4) is 0 Å². The number of anilines is 1. The summed E-state index contributed by atoms with van der Waals surface area (Å²) in [4.78, 5) is 40.2. The monoisotopic (exact) mass is 420 g/mol. The number of quaternary nitrogens is 1. The Balaban J connectivity index is 1.99. The largest absolute Gasteiger partial charge is 0.355 e. The van der Waals surface area contributed by atoms with Crippen molar-refractivity contribution >= 4 is 39.1 Å². The van der Waals surface area contributed by atoms with Gasteiger partial charge in [0.15, 0.2) is 12.3 Å². The molecule has 0 aliphatic heterocycles. The zero-order chi connectivity index (χ0) is 19.4. The molecular weight excluding hydrogens is 398 g/mol. The van der Waals surface area contributed by atoms with Crippen LogP contribution in [0.25, 0.3) is 0 Å². The predicted octanol–water partition coefficient (Wildman–Crippen LogP) is 1.93. The highest BCUT2D eigenvalue weighted by molar-refractivity contribution is 9.10. The van der Waals surface area contributed by atoms with Gasteiger partial charge in [0, 0.05) is 15.7 Å². The van der Waals surface area contributed by atoms with Gasteiger partial charge in [0.05, 0.1) is 18.4 Å². The number of H-pyrrole nitrogens is 1. The van der Waals surface area contributed by atoms with Gasteiger partial charge in [-0.05, 0) is 54.4 Å². The molecule has 1 aromatic heterocycles. The summed E-state index contributed by atoms with van der Waals surface area (Å²) in [5, 5.41) is 2.82. The lowest BCUT2D eigenvalue weighted by atomic mass is 10.1. The molecule has 0 fully saturated rings. The van der Waals surface area contributed by atoms with Crippen LogP contribution in [0, 0.1) is 13.8 Å². The molecule has 3 N–H and O–H groups in total. The highest BCUT2D eigenvalue weighted by Gasteiger charge is 2.23. The number of para-hydroxylation sites is 1. The normalized spacial score (nSPS) is 11.9. The molecular formula is C19H23BrN3O3+. The van der Waals surface area contributed by atoms with E-state index in [1.807, 2.05) is 18.2 Å². The van der Waals surface area contributed by atoms with Crippen LogP contribution < -0.4 is 10.2 Å². The number of halogens is 1. The van der Waals surface area contributed by atoms with Crippen LogP contribution in [-0.2, 0) is 4.79 Å². The van der Waals surface area contributed by atoms with Gasteiger partial charge in [-0.3, -0.25) is 14.4 Å². The Morgan fingerprint density at radius 1 is 1.15 bits per heavy atom. The standard InChI is InChI=1S/C19H22BrN3O3/c1-11-18(13(3)24)12(2)21-19(11)16(25)9-23(4)10-17(26)22-15-8-6-5-7-14(15)20/h5-8,21H,9-10H2,1-4H3,(H,22,26)/p+1. The highest BCUT2D eigenvalue weighted by atomic mass is 79.9. The number of benzene rings is 1. The summed E-state index contributed by atoms with van der Waals surface area (Å²) in [6.07, 6.45) is 0. The smallest absolute Gasteiger partial charge is 0.279 e. The third-order valence-electron chi connectivity index (χ3n) is 4.14. The summed E-state index contributed by atoms with van der Waals surface area (Å²) >= 11 is 3.38. The molecule has 0 bridgehead atoms. The van der Waals surface area contributed by atoms with Gasteiger partial charge in [0.2, 0.25) is 5.78 Å². The van der Waals surface area contributed by atoms with Crippen molar-refractivity contribution in [2.24, 2.45) is 0 Å². The first-order chi connectivity index (χ1) is 12.2. The molecule has 0 radical (unpaired) electrons. The average Bonchev–Trinajstić information content (AvgIpc) is 2.84. The molecule has 2 aromatic rings. The lowest BCUT2D eigenvalue weighted by molar-refractivity contribution is -0.861. The summed E-state index contributed by atoms with van der Waals surface area (Å²) in [5.41, 5.74) is 3.07. The Hall–Kier alpha value is -2.25. The fraction of sp³-hybridized carbons (Fsp3) is 0.316. The number of rotatable bonds is 7. The van der Waals surface area contributed by atoms with Crippen LogP contribution in [0.15, 0.2) is 28.7 Å². The van der Waals surface area contributed by atoms with Gasteiger partial charge >= 0.3 is 0 Å². The minimum atomic E-state index is -0.175. The molecule has 2 rings (SSSR count). The maximum Gasteiger partial charge on any atom is 0.279 e. The first-order valence-electron chi connectivity index (χ1n) is 8.29. The van der Waals surface area contributed by atoms with Gasteiger partial charge in [-0.25, -0.2) is 0 Å². The summed E-state index contributed by atoms with van der Waals surface area (Å²) < 4.78 is 0.802. The van der Waals surface area contributed by atoms with Crippen molar-refractivity contribution < 1.29 is 19.3 Å². The molecule has 0 saturated heterocycles. The van der Waals surface area contributed by atoms with Gasteiger partial charge < -0.3 is 15.2 Å². The zero-order valence-corrected chi connectivity index (χ0v) is 16.9. The number of aromatic nitrogens is 1. The first kappa shape index (κ1) is 20.1. The minimum absolute atomic E-state index is 0.0659. The Bertz CT molecular complexity index is 858. The van der Waals surface area contributed by atoms with Crippen LogP contribution in [-0.4, -0.2) is 42.6 Å². The molecule has 1 heterocycles. The summed E-state index contributed by atoms with van der Waals surface area (Å²) in [6.45, 7) is 5.35. The van der Waals surface area contributed by atoms with Crippen molar-refractivity contribution in [2.75, 3.05) is 25.5 Å². The molecule has 26 heavy (non-hydrogen) atoms. The number of hydrogen-bond donors (Lipinski definition) is 3. The quantitative estimate of drug-likeness (QED) is 0.598. The van der Waals surface area contributed by atoms with Crippen LogP contribution in [0.1, 0.15) is 39.0 Å². The van der Waals surface area contributed by atoms with Crippen LogP contribution in [0.2, 0.25) is 0 Å². The lowest BCUT2D eigenvalue weighted by Crippen LogP contribution is -3.11. The van der Waals surface area contributed by atoms with Gasteiger partial charge in [0.1, 0.15) is 6.54 Å². The molecule has 7 heteroatoms. The second-order valence-electron chi connectivity index (χ2n) is 6.44. The molecule has 1 aromatic carbocycles. The van der Waals surface area contributed by atoms with Crippen LogP contribution >= 0.6 is 15.9 Å². The van der Waals surface area contributed by atoms with E-state index in [0.29, 0.717) is 28.2 Å². The van der Waals surface area contributed by atoms with E-state index in [9.17, 15) is 14.4 Å². The van der Waals surface area contributed by atoms with E-state index in [4.69, 9.17) is 0 Å². The van der Waals surface area contributed by atoms with Gasteiger partial charge in [-0.2, -0.15) is 0 Å². The van der Waals surface area contributed by atoms with E-state index in [2.05, 4.69) is 26.2 Å². The molecule has 0 aliphatic carbocycles. The Morgan fingerprint density at radius 3 is 2.38 bits per heavy atom. The molecule has 0 saturated carbocycles. The predicted molar refractivity (Wildman–Crippen MR) is 104 cm³/mol. The number of hydrogen-bond acceptors (Lipinski definition) is 3. The number of likely N-dealkylation sites (N-methyl/N-ethyl adjacent to an activating group) is 1. The maximum absolute atomic E-state index is 12.6. The Labute approximate surface area is 161 Å². The SMILES string of the molecule is CC(=O)c1c(C)[nH]c(C(=O)C[NH+](C)CC(=O)Nc2ccccc2Br)c1C. The molecule has 1 unspecified atom stereocenters. The first-order valence-corrected chi connectivity index (χ1v) is 9.09. The van der Waals surface area contributed by atoms with E-state index in [0.717, 1.165) is 9.37 Å².